The average molecular weight is 461 g/mol. The largest absolute Gasteiger partial charge is 0.504 e. The molecule has 3 aromatic rings. The Bertz CT molecular complexity index is 1300. The maximum absolute atomic E-state index is 13.6. The zero-order valence-electron chi connectivity index (χ0n) is 17.9. The number of fused-ring (bicyclic) bond motifs is 1. The first-order valence-corrected chi connectivity index (χ1v) is 10.4. The van der Waals surface area contributed by atoms with Crippen LogP contribution in [0.2, 0.25) is 0 Å². The molecule has 34 heavy (non-hydrogen) atoms. The van der Waals surface area contributed by atoms with Crippen molar-refractivity contribution < 1.29 is 29.2 Å². The molecule has 0 spiro atoms. The summed E-state index contributed by atoms with van der Waals surface area (Å²) in [5, 5.41) is 22.7. The molecule has 2 fully saturated rings. The van der Waals surface area contributed by atoms with E-state index in [9.17, 15) is 24.8 Å². The van der Waals surface area contributed by atoms with E-state index in [4.69, 9.17) is 9.57 Å². The monoisotopic (exact) mass is 461 g/mol. The Morgan fingerprint density at radius 3 is 2.41 bits per heavy atom. The number of phenolic OH excluding ortho intramolecular Hbond substituents is 1. The predicted octanol–water partition coefficient (Wildman–Crippen LogP) is 3.36. The van der Waals surface area contributed by atoms with Crippen molar-refractivity contribution in [1.82, 2.24) is 0 Å². The molecule has 2 aliphatic heterocycles. The number of anilines is 2. The molecule has 2 aliphatic rings. The number of non-ortho nitro benzene ring substituents is 1. The fourth-order valence-corrected chi connectivity index (χ4v) is 4.43. The maximum Gasteiger partial charge on any atom is 0.271 e. The van der Waals surface area contributed by atoms with Crippen molar-refractivity contribution in [1.29, 1.82) is 0 Å². The summed E-state index contributed by atoms with van der Waals surface area (Å²) in [5.74, 6) is -1.82. The number of ether oxygens (including phenoxy) is 1. The molecule has 0 bridgehead atoms. The summed E-state index contributed by atoms with van der Waals surface area (Å²) in [6.07, 6.45) is -1.13. The highest BCUT2D eigenvalue weighted by atomic mass is 16.7. The van der Waals surface area contributed by atoms with Gasteiger partial charge in [-0.15, -0.1) is 0 Å². The third kappa shape index (κ3) is 3.32. The fraction of sp³-hybridized carbons (Fsp3) is 0.167. The van der Waals surface area contributed by atoms with Gasteiger partial charge in [-0.05, 0) is 35.9 Å². The van der Waals surface area contributed by atoms with Crippen LogP contribution in [0.25, 0.3) is 0 Å². The quantitative estimate of drug-likeness (QED) is 0.349. The van der Waals surface area contributed by atoms with E-state index >= 15 is 0 Å². The summed E-state index contributed by atoms with van der Waals surface area (Å²) in [7, 11) is 1.40. The molecule has 3 atom stereocenters. The molecular weight excluding hydrogens is 442 g/mol. The second-order valence-electron chi connectivity index (χ2n) is 7.88. The van der Waals surface area contributed by atoms with E-state index in [0.717, 1.165) is 4.90 Å². The Balaban J connectivity index is 1.62. The van der Waals surface area contributed by atoms with Crippen LogP contribution in [0.15, 0.2) is 72.8 Å². The van der Waals surface area contributed by atoms with Crippen LogP contribution in [0.5, 0.6) is 11.5 Å². The lowest BCUT2D eigenvalue weighted by atomic mass is 9.90. The maximum atomic E-state index is 13.6. The van der Waals surface area contributed by atoms with Gasteiger partial charge in [0.25, 0.3) is 11.6 Å². The SMILES string of the molecule is COc1cc([C@@H]2[C@@H]3C(=O)N(c4ccccc4)C(=O)[C@H]3ON2c2cccc([N+](=O)[O-])c2)ccc1O. The molecule has 0 unspecified atom stereocenters. The molecule has 10 heteroatoms. The lowest BCUT2D eigenvalue weighted by Gasteiger charge is -2.29. The number of nitro benzene ring substituents is 1. The van der Waals surface area contributed by atoms with Gasteiger partial charge in [0.1, 0.15) is 5.92 Å². The van der Waals surface area contributed by atoms with E-state index in [1.807, 2.05) is 0 Å². The third-order valence-corrected chi connectivity index (χ3v) is 5.97. The summed E-state index contributed by atoms with van der Waals surface area (Å²) in [6, 6.07) is 18.1. The lowest BCUT2D eigenvalue weighted by molar-refractivity contribution is -0.384. The minimum absolute atomic E-state index is 0.0941. The van der Waals surface area contributed by atoms with Crippen LogP contribution in [0.3, 0.4) is 0 Å². The summed E-state index contributed by atoms with van der Waals surface area (Å²) < 4.78 is 5.23. The number of rotatable bonds is 5. The molecule has 0 aliphatic carbocycles. The normalized spacial score (nSPS) is 21.6. The number of hydrogen-bond donors (Lipinski definition) is 1. The Hall–Kier alpha value is -4.44. The summed E-state index contributed by atoms with van der Waals surface area (Å²) in [4.78, 5) is 44.7. The van der Waals surface area contributed by atoms with E-state index in [1.165, 1.54) is 36.4 Å². The van der Waals surface area contributed by atoms with Crippen LogP contribution in [0, 0.1) is 16.0 Å². The van der Waals surface area contributed by atoms with Crippen LogP contribution in [-0.4, -0.2) is 35.1 Å². The first-order valence-electron chi connectivity index (χ1n) is 10.4. The van der Waals surface area contributed by atoms with Gasteiger partial charge in [-0.25, -0.2) is 9.96 Å². The van der Waals surface area contributed by atoms with E-state index in [0.29, 0.717) is 16.9 Å². The van der Waals surface area contributed by atoms with Crippen molar-refractivity contribution in [2.24, 2.45) is 5.92 Å². The Kier molecular flexibility index (Phi) is 5.14. The van der Waals surface area contributed by atoms with Gasteiger partial charge in [-0.2, -0.15) is 0 Å². The van der Waals surface area contributed by atoms with Crippen molar-refractivity contribution in [2.75, 3.05) is 17.1 Å². The fourth-order valence-electron chi connectivity index (χ4n) is 4.43. The van der Waals surface area contributed by atoms with Gasteiger partial charge in [0.05, 0.1) is 29.4 Å². The zero-order valence-corrected chi connectivity index (χ0v) is 17.9. The van der Waals surface area contributed by atoms with Crippen molar-refractivity contribution >= 4 is 28.9 Å². The highest BCUT2D eigenvalue weighted by molar-refractivity contribution is 6.23. The predicted molar refractivity (Wildman–Crippen MR) is 120 cm³/mol. The van der Waals surface area contributed by atoms with Gasteiger partial charge < -0.3 is 9.84 Å². The van der Waals surface area contributed by atoms with E-state index in [2.05, 4.69) is 0 Å². The first kappa shape index (κ1) is 21.4. The zero-order chi connectivity index (χ0) is 24.0. The van der Waals surface area contributed by atoms with Crippen molar-refractivity contribution in [3.05, 3.63) is 88.5 Å². The summed E-state index contributed by atoms with van der Waals surface area (Å²) in [5.41, 5.74) is 1.11. The second kappa shape index (κ2) is 8.16. The highest BCUT2D eigenvalue weighted by Crippen LogP contribution is 2.49. The van der Waals surface area contributed by atoms with Gasteiger partial charge in [0.15, 0.2) is 17.6 Å². The van der Waals surface area contributed by atoms with E-state index in [-0.39, 0.29) is 17.2 Å². The lowest BCUT2D eigenvalue weighted by Crippen LogP contribution is -2.37. The van der Waals surface area contributed by atoms with Crippen LogP contribution >= 0.6 is 0 Å². The van der Waals surface area contributed by atoms with Crippen LogP contribution in [-0.2, 0) is 14.4 Å². The van der Waals surface area contributed by atoms with Crippen LogP contribution in [0.4, 0.5) is 17.1 Å². The third-order valence-electron chi connectivity index (χ3n) is 5.97. The number of phenols is 1. The molecule has 5 rings (SSSR count). The van der Waals surface area contributed by atoms with Crippen molar-refractivity contribution in [3.63, 3.8) is 0 Å². The van der Waals surface area contributed by atoms with Gasteiger partial charge in [0.2, 0.25) is 5.91 Å². The topological polar surface area (TPSA) is 122 Å². The number of imide groups is 1. The van der Waals surface area contributed by atoms with E-state index in [1.54, 1.807) is 48.5 Å². The number of nitrogens with zero attached hydrogens (tertiary/aromatic N) is 3. The number of aromatic hydroxyl groups is 1. The smallest absolute Gasteiger partial charge is 0.271 e. The number of carbonyl (C=O) groups is 2. The highest BCUT2D eigenvalue weighted by Gasteiger charge is 2.60. The minimum atomic E-state index is -1.13. The number of benzene rings is 3. The first-order chi connectivity index (χ1) is 16.4. The van der Waals surface area contributed by atoms with Gasteiger partial charge in [0, 0.05) is 12.1 Å². The van der Waals surface area contributed by atoms with Crippen molar-refractivity contribution in [2.45, 2.75) is 12.1 Å². The van der Waals surface area contributed by atoms with Crippen LogP contribution < -0.4 is 14.7 Å². The number of hydrogen-bond acceptors (Lipinski definition) is 8. The molecule has 2 saturated heterocycles. The number of carbonyl (C=O) groups excluding carboxylic acids is 2. The molecule has 10 nitrogen and oxygen atoms in total. The molecule has 0 saturated carbocycles. The van der Waals surface area contributed by atoms with Gasteiger partial charge >= 0.3 is 0 Å². The number of hydroxylamine groups is 1. The summed E-state index contributed by atoms with van der Waals surface area (Å²) >= 11 is 0. The number of amides is 2. The average Bonchev–Trinajstić information content (AvgIpc) is 3.36. The number of methoxy groups -OCH3 is 1. The molecule has 172 valence electrons. The Morgan fingerprint density at radius 1 is 0.971 bits per heavy atom. The molecule has 0 aromatic heterocycles. The molecule has 2 amide bonds. The molecular formula is C24H19N3O7. The standard InChI is InChI=1S/C24H19N3O7/c1-33-19-12-14(10-11-18(19)28)21-20-22(24(30)25(23(20)29)15-6-3-2-4-7-15)34-26(21)16-8-5-9-17(13-16)27(31)32/h2-13,20-22,28H,1H3/t20-,21+,22-/m0/s1. The molecule has 2 heterocycles. The minimum Gasteiger partial charge on any atom is -0.504 e. The van der Waals surface area contributed by atoms with Gasteiger partial charge in [-0.3, -0.25) is 24.5 Å². The molecule has 1 N–H and O–H groups in total. The van der Waals surface area contributed by atoms with Crippen molar-refractivity contribution in [3.8, 4) is 11.5 Å². The molecule has 0 radical (unpaired) electrons. The summed E-state index contributed by atoms with van der Waals surface area (Å²) in [6.45, 7) is 0. The van der Waals surface area contributed by atoms with Crippen LogP contribution in [0.1, 0.15) is 11.6 Å². The number of nitro groups is 1. The van der Waals surface area contributed by atoms with Gasteiger partial charge in [-0.1, -0.05) is 30.3 Å². The Labute approximate surface area is 193 Å². The number of para-hydroxylation sites is 1. The Morgan fingerprint density at radius 2 is 1.71 bits per heavy atom. The second-order valence-corrected chi connectivity index (χ2v) is 7.88. The van der Waals surface area contributed by atoms with E-state index < -0.39 is 34.8 Å². The molecule has 3 aromatic carbocycles.